The van der Waals surface area contributed by atoms with Crippen LogP contribution in [0.3, 0.4) is 0 Å². The Bertz CT molecular complexity index is 1310. The first kappa shape index (κ1) is 21.6. The van der Waals surface area contributed by atoms with Gasteiger partial charge in [-0.2, -0.15) is 0 Å². The summed E-state index contributed by atoms with van der Waals surface area (Å²) < 4.78 is 1.71. The van der Waals surface area contributed by atoms with E-state index >= 15 is 0 Å². The maximum atomic E-state index is 13.4. The highest BCUT2D eigenvalue weighted by Crippen LogP contribution is 2.39. The number of nitrogens with zero attached hydrogens (tertiary/aromatic N) is 2. The van der Waals surface area contributed by atoms with Crippen LogP contribution in [0.25, 0.3) is 27.0 Å². The molecule has 1 N–H and O–H groups in total. The number of rotatable bonds is 6. The third-order valence-electron chi connectivity index (χ3n) is 6.19. The van der Waals surface area contributed by atoms with Gasteiger partial charge in [0.25, 0.3) is 11.5 Å². The van der Waals surface area contributed by atoms with Gasteiger partial charge in [-0.1, -0.05) is 55.0 Å². The second-order valence-electron chi connectivity index (χ2n) is 8.39. The molecule has 4 aromatic rings. The van der Waals surface area contributed by atoms with E-state index in [1.165, 1.54) is 30.6 Å². The molecule has 0 radical (unpaired) electrons. The average molecular weight is 458 g/mol. The van der Waals surface area contributed by atoms with Crippen LogP contribution in [0.15, 0.2) is 77.6 Å². The van der Waals surface area contributed by atoms with Gasteiger partial charge in [-0.15, -0.1) is 11.3 Å². The van der Waals surface area contributed by atoms with Crippen molar-refractivity contribution in [1.82, 2.24) is 14.8 Å². The summed E-state index contributed by atoms with van der Waals surface area (Å²) in [5, 5.41) is 4.05. The molecule has 2 aromatic heterocycles. The third kappa shape index (κ3) is 4.49. The molecule has 0 unspecified atom stereocenters. The minimum Gasteiger partial charge on any atom is -0.350 e. The standard InChI is InChI=1S/C27H27N3O2S/c31-23-15-14-22-24(20-10-4-1-5-11-20)25(26(32)28-16-19-29-17-8-3-9-18-29)33-27(22)30(23)21-12-6-2-7-13-21/h1-2,4-7,10-15H,3,8-9,16-19H2,(H,28,32). The monoisotopic (exact) mass is 457 g/mol. The molecule has 0 aliphatic carbocycles. The molecule has 1 saturated heterocycles. The van der Waals surface area contributed by atoms with Crippen molar-refractivity contribution in [3.8, 4) is 16.8 Å². The second-order valence-corrected chi connectivity index (χ2v) is 9.39. The van der Waals surface area contributed by atoms with Gasteiger partial charge in [0, 0.05) is 30.1 Å². The van der Waals surface area contributed by atoms with Crippen molar-refractivity contribution in [3.63, 3.8) is 0 Å². The Hall–Kier alpha value is -3.22. The van der Waals surface area contributed by atoms with E-state index in [0.717, 1.165) is 46.7 Å². The molecular weight excluding hydrogens is 430 g/mol. The SMILES string of the molecule is O=C(NCCN1CCCCC1)c1sc2c(ccc(=O)n2-c2ccccc2)c1-c1ccccc1. The van der Waals surface area contributed by atoms with E-state index in [2.05, 4.69) is 10.2 Å². The Balaban J connectivity index is 1.55. The maximum Gasteiger partial charge on any atom is 0.262 e. The van der Waals surface area contributed by atoms with Crippen LogP contribution in [0.4, 0.5) is 0 Å². The lowest BCUT2D eigenvalue weighted by molar-refractivity contribution is 0.0951. The molecule has 1 aliphatic heterocycles. The highest BCUT2D eigenvalue weighted by Gasteiger charge is 2.22. The zero-order chi connectivity index (χ0) is 22.6. The number of aromatic nitrogens is 1. The van der Waals surface area contributed by atoms with Crippen molar-refractivity contribution < 1.29 is 4.79 Å². The number of hydrogen-bond donors (Lipinski definition) is 1. The van der Waals surface area contributed by atoms with E-state index in [9.17, 15) is 9.59 Å². The van der Waals surface area contributed by atoms with E-state index in [0.29, 0.717) is 11.4 Å². The van der Waals surface area contributed by atoms with Crippen molar-refractivity contribution in [2.45, 2.75) is 19.3 Å². The molecular formula is C27H27N3O2S. The predicted octanol–water partition coefficient (Wildman–Crippen LogP) is 4.93. The predicted molar refractivity (Wildman–Crippen MR) is 135 cm³/mol. The van der Waals surface area contributed by atoms with Crippen LogP contribution in [0.2, 0.25) is 0 Å². The second kappa shape index (κ2) is 9.73. The number of nitrogens with one attached hydrogen (secondary N) is 1. The molecule has 33 heavy (non-hydrogen) atoms. The van der Waals surface area contributed by atoms with Crippen LogP contribution in [0, 0.1) is 0 Å². The van der Waals surface area contributed by atoms with E-state index < -0.39 is 0 Å². The molecule has 0 saturated carbocycles. The summed E-state index contributed by atoms with van der Waals surface area (Å²) in [6.07, 6.45) is 3.77. The number of likely N-dealkylation sites (tertiary alicyclic amines) is 1. The Morgan fingerprint density at radius 2 is 1.58 bits per heavy atom. The van der Waals surface area contributed by atoms with Crippen LogP contribution < -0.4 is 10.9 Å². The number of carbonyl (C=O) groups excluding carboxylic acids is 1. The van der Waals surface area contributed by atoms with Gasteiger partial charge in [0.15, 0.2) is 0 Å². The number of thiophene rings is 1. The zero-order valence-corrected chi connectivity index (χ0v) is 19.3. The lowest BCUT2D eigenvalue weighted by atomic mass is 10.0. The average Bonchev–Trinajstić information content (AvgIpc) is 3.25. The molecule has 5 rings (SSSR count). The lowest BCUT2D eigenvalue weighted by Crippen LogP contribution is -2.37. The number of piperidine rings is 1. The minimum absolute atomic E-state index is 0.0841. The first-order valence-electron chi connectivity index (χ1n) is 11.5. The largest absolute Gasteiger partial charge is 0.350 e. The van der Waals surface area contributed by atoms with Crippen molar-refractivity contribution >= 4 is 27.5 Å². The van der Waals surface area contributed by atoms with Gasteiger partial charge >= 0.3 is 0 Å². The Morgan fingerprint density at radius 3 is 2.30 bits per heavy atom. The number of hydrogen-bond acceptors (Lipinski definition) is 4. The highest BCUT2D eigenvalue weighted by molar-refractivity contribution is 7.21. The molecule has 2 aromatic carbocycles. The van der Waals surface area contributed by atoms with Gasteiger partial charge in [-0.05, 0) is 49.7 Å². The quantitative estimate of drug-likeness (QED) is 0.446. The highest BCUT2D eigenvalue weighted by atomic mass is 32.1. The molecule has 3 heterocycles. The summed E-state index contributed by atoms with van der Waals surface area (Å²) in [5.41, 5.74) is 2.55. The van der Waals surface area contributed by atoms with Gasteiger partial charge in [0.05, 0.1) is 5.69 Å². The fraction of sp³-hybridized carbons (Fsp3) is 0.259. The normalized spacial score (nSPS) is 14.4. The summed E-state index contributed by atoms with van der Waals surface area (Å²) in [6.45, 7) is 3.70. The summed E-state index contributed by atoms with van der Waals surface area (Å²) >= 11 is 1.39. The number of para-hydroxylation sites is 1. The van der Waals surface area contributed by atoms with Gasteiger partial charge in [-0.3, -0.25) is 14.2 Å². The molecule has 168 valence electrons. The summed E-state index contributed by atoms with van der Waals surface area (Å²) in [4.78, 5) is 30.1. The van der Waals surface area contributed by atoms with Gasteiger partial charge in [-0.25, -0.2) is 0 Å². The molecule has 1 amide bonds. The van der Waals surface area contributed by atoms with E-state index in [-0.39, 0.29) is 11.5 Å². The number of amides is 1. The van der Waals surface area contributed by atoms with Crippen molar-refractivity contribution in [3.05, 3.63) is 88.0 Å². The number of benzene rings is 2. The number of pyridine rings is 1. The zero-order valence-electron chi connectivity index (χ0n) is 18.5. The molecule has 0 spiro atoms. The first-order chi connectivity index (χ1) is 16.2. The first-order valence-corrected chi connectivity index (χ1v) is 12.3. The number of fused-ring (bicyclic) bond motifs is 1. The van der Waals surface area contributed by atoms with Crippen LogP contribution in [0.1, 0.15) is 28.9 Å². The van der Waals surface area contributed by atoms with Crippen molar-refractivity contribution in [2.75, 3.05) is 26.2 Å². The Kier molecular flexibility index (Phi) is 6.37. The van der Waals surface area contributed by atoms with Crippen molar-refractivity contribution in [1.29, 1.82) is 0 Å². The smallest absolute Gasteiger partial charge is 0.262 e. The van der Waals surface area contributed by atoms with Crippen LogP contribution >= 0.6 is 11.3 Å². The number of carbonyl (C=O) groups is 1. The minimum atomic E-state index is -0.105. The molecule has 1 fully saturated rings. The summed E-state index contributed by atoms with van der Waals surface area (Å²) in [5.74, 6) is -0.0841. The fourth-order valence-corrected chi connectivity index (χ4v) is 5.80. The molecule has 6 heteroatoms. The Labute approximate surface area is 197 Å². The third-order valence-corrected chi connectivity index (χ3v) is 7.38. The maximum absolute atomic E-state index is 13.4. The summed E-state index contributed by atoms with van der Waals surface area (Å²) in [7, 11) is 0. The molecule has 0 atom stereocenters. The molecule has 0 bridgehead atoms. The van der Waals surface area contributed by atoms with Crippen LogP contribution in [-0.2, 0) is 0 Å². The van der Waals surface area contributed by atoms with Crippen molar-refractivity contribution in [2.24, 2.45) is 0 Å². The van der Waals surface area contributed by atoms with E-state index in [1.807, 2.05) is 66.7 Å². The van der Waals surface area contributed by atoms with Gasteiger partial charge in [0.1, 0.15) is 9.71 Å². The molecule has 5 nitrogen and oxygen atoms in total. The van der Waals surface area contributed by atoms with Crippen LogP contribution in [0.5, 0.6) is 0 Å². The van der Waals surface area contributed by atoms with E-state index in [1.54, 1.807) is 10.6 Å². The lowest BCUT2D eigenvalue weighted by Gasteiger charge is -2.26. The fourth-order valence-electron chi connectivity index (χ4n) is 4.55. The van der Waals surface area contributed by atoms with Gasteiger partial charge < -0.3 is 10.2 Å². The van der Waals surface area contributed by atoms with Gasteiger partial charge in [0.2, 0.25) is 0 Å². The Morgan fingerprint density at radius 1 is 0.879 bits per heavy atom. The van der Waals surface area contributed by atoms with E-state index in [4.69, 9.17) is 0 Å². The van der Waals surface area contributed by atoms with Crippen LogP contribution in [-0.4, -0.2) is 41.6 Å². The molecule has 1 aliphatic rings. The summed E-state index contributed by atoms with van der Waals surface area (Å²) in [6, 6.07) is 23.0. The topological polar surface area (TPSA) is 54.3 Å².